The number of anilines is 1. The number of nitrogens with zero attached hydrogens (tertiary/aromatic N) is 2. The summed E-state index contributed by atoms with van der Waals surface area (Å²) in [6, 6.07) is 9.80. The van der Waals surface area contributed by atoms with Crippen molar-refractivity contribution in [3.8, 4) is 0 Å². The van der Waals surface area contributed by atoms with Gasteiger partial charge in [0.05, 0.1) is 15.4 Å². The number of carbonyl (C=O) groups is 2. The molecule has 0 aromatic heterocycles. The number of esters is 1. The third-order valence-corrected chi connectivity index (χ3v) is 6.96. The summed E-state index contributed by atoms with van der Waals surface area (Å²) in [5.74, 6) is -1.64. The number of hydrogen-bond donors (Lipinski definition) is 1. The molecule has 0 saturated carbocycles. The fourth-order valence-electron chi connectivity index (χ4n) is 3.39. The van der Waals surface area contributed by atoms with E-state index in [1.165, 1.54) is 40.7 Å². The number of ether oxygens (including phenoxy) is 1. The van der Waals surface area contributed by atoms with Gasteiger partial charge in [-0.15, -0.1) is 0 Å². The maximum atomic E-state index is 12.8. The number of nitro benzene ring substituents is 1. The predicted molar refractivity (Wildman–Crippen MR) is 116 cm³/mol. The lowest BCUT2D eigenvalue weighted by Gasteiger charge is -2.25. The Morgan fingerprint density at radius 3 is 2.50 bits per heavy atom. The molecule has 1 aliphatic rings. The molecule has 0 unspecified atom stereocenters. The molecule has 1 heterocycles. The number of piperidine rings is 1. The lowest BCUT2D eigenvalue weighted by atomic mass is 10.1. The van der Waals surface area contributed by atoms with Crippen molar-refractivity contribution in [2.75, 3.05) is 25.0 Å². The second-order valence-electron chi connectivity index (χ2n) is 7.34. The number of amides is 1. The first-order chi connectivity index (χ1) is 15.2. The summed E-state index contributed by atoms with van der Waals surface area (Å²) in [5, 5.41) is 13.5. The minimum atomic E-state index is -3.73. The van der Waals surface area contributed by atoms with Crippen LogP contribution in [-0.4, -0.2) is 49.2 Å². The molecule has 11 heteroatoms. The van der Waals surface area contributed by atoms with Gasteiger partial charge in [0.1, 0.15) is 5.69 Å². The smallest absolute Gasteiger partial charge is 0.338 e. The van der Waals surface area contributed by atoms with E-state index in [0.717, 1.165) is 19.3 Å². The lowest BCUT2D eigenvalue weighted by Crippen LogP contribution is -2.35. The summed E-state index contributed by atoms with van der Waals surface area (Å²) in [6.07, 6.45) is 2.55. The van der Waals surface area contributed by atoms with Crippen LogP contribution in [0.4, 0.5) is 11.4 Å². The summed E-state index contributed by atoms with van der Waals surface area (Å²) < 4.78 is 32.0. The Hall–Kier alpha value is -3.31. The van der Waals surface area contributed by atoms with Crippen molar-refractivity contribution in [1.82, 2.24) is 4.31 Å². The van der Waals surface area contributed by atoms with Crippen LogP contribution in [0.3, 0.4) is 0 Å². The summed E-state index contributed by atoms with van der Waals surface area (Å²) in [6.45, 7) is 1.78. The molecule has 1 aliphatic heterocycles. The number of sulfonamides is 1. The summed E-state index contributed by atoms with van der Waals surface area (Å²) in [5.41, 5.74) is 0.209. The molecule has 0 spiro atoms. The molecule has 3 rings (SSSR count). The van der Waals surface area contributed by atoms with E-state index in [4.69, 9.17) is 4.74 Å². The average molecular weight is 461 g/mol. The van der Waals surface area contributed by atoms with E-state index in [0.29, 0.717) is 18.7 Å². The molecule has 170 valence electrons. The molecule has 0 bridgehead atoms. The Kier molecular flexibility index (Phi) is 7.21. The van der Waals surface area contributed by atoms with E-state index >= 15 is 0 Å². The monoisotopic (exact) mass is 461 g/mol. The summed E-state index contributed by atoms with van der Waals surface area (Å²) in [7, 11) is -3.73. The van der Waals surface area contributed by atoms with Gasteiger partial charge in [0.2, 0.25) is 10.0 Å². The van der Waals surface area contributed by atoms with Crippen LogP contribution in [0.15, 0.2) is 47.4 Å². The number of aryl methyl sites for hydroxylation is 1. The fraction of sp³-hybridized carbons (Fsp3) is 0.333. The van der Waals surface area contributed by atoms with Gasteiger partial charge in [0, 0.05) is 19.2 Å². The molecule has 2 aromatic carbocycles. The van der Waals surface area contributed by atoms with Crippen molar-refractivity contribution in [2.24, 2.45) is 0 Å². The van der Waals surface area contributed by atoms with Crippen LogP contribution in [0.25, 0.3) is 0 Å². The van der Waals surface area contributed by atoms with Crippen LogP contribution < -0.4 is 5.32 Å². The van der Waals surface area contributed by atoms with E-state index in [2.05, 4.69) is 5.32 Å². The zero-order valence-corrected chi connectivity index (χ0v) is 18.3. The minimum Gasteiger partial charge on any atom is -0.452 e. The van der Waals surface area contributed by atoms with Gasteiger partial charge in [0.25, 0.3) is 11.6 Å². The van der Waals surface area contributed by atoms with Gasteiger partial charge >= 0.3 is 5.97 Å². The number of nitrogens with one attached hydrogen (secondary N) is 1. The zero-order valence-electron chi connectivity index (χ0n) is 17.4. The maximum Gasteiger partial charge on any atom is 0.338 e. The predicted octanol–water partition coefficient (Wildman–Crippen LogP) is 2.87. The highest BCUT2D eigenvalue weighted by Gasteiger charge is 2.27. The van der Waals surface area contributed by atoms with E-state index in [1.54, 1.807) is 13.0 Å². The maximum absolute atomic E-state index is 12.8. The number of benzene rings is 2. The van der Waals surface area contributed by atoms with Gasteiger partial charge in [-0.1, -0.05) is 24.6 Å². The Balaban J connectivity index is 1.66. The molecule has 32 heavy (non-hydrogen) atoms. The van der Waals surface area contributed by atoms with Crippen LogP contribution in [0, 0.1) is 17.0 Å². The average Bonchev–Trinajstić information content (AvgIpc) is 2.79. The number of nitro groups is 1. The van der Waals surface area contributed by atoms with Gasteiger partial charge in [-0.05, 0) is 43.5 Å². The molecular formula is C21H23N3O7S. The van der Waals surface area contributed by atoms with Crippen molar-refractivity contribution in [3.63, 3.8) is 0 Å². The Morgan fingerprint density at radius 1 is 1.12 bits per heavy atom. The minimum absolute atomic E-state index is 0.0160. The number of carbonyl (C=O) groups excluding carboxylic acids is 2. The molecule has 1 amide bonds. The molecule has 0 aliphatic carbocycles. The Bertz CT molecular complexity index is 1140. The van der Waals surface area contributed by atoms with E-state index in [1.807, 2.05) is 0 Å². The molecule has 1 saturated heterocycles. The van der Waals surface area contributed by atoms with E-state index in [9.17, 15) is 28.1 Å². The fourth-order valence-corrected chi connectivity index (χ4v) is 4.96. The van der Waals surface area contributed by atoms with Crippen molar-refractivity contribution >= 4 is 33.3 Å². The van der Waals surface area contributed by atoms with Gasteiger partial charge in [0.15, 0.2) is 6.61 Å². The molecule has 1 N–H and O–H groups in total. The molecule has 0 atom stereocenters. The first-order valence-corrected chi connectivity index (χ1v) is 11.5. The molecular weight excluding hydrogens is 438 g/mol. The van der Waals surface area contributed by atoms with Crippen LogP contribution >= 0.6 is 0 Å². The van der Waals surface area contributed by atoms with Crippen molar-refractivity contribution in [3.05, 3.63) is 63.7 Å². The van der Waals surface area contributed by atoms with Crippen molar-refractivity contribution in [2.45, 2.75) is 31.1 Å². The highest BCUT2D eigenvalue weighted by Crippen LogP contribution is 2.27. The third kappa shape index (κ3) is 5.29. The van der Waals surface area contributed by atoms with Gasteiger partial charge < -0.3 is 10.1 Å². The number of para-hydroxylation sites is 1. The van der Waals surface area contributed by atoms with Gasteiger partial charge in [-0.3, -0.25) is 14.9 Å². The summed E-state index contributed by atoms with van der Waals surface area (Å²) >= 11 is 0. The second-order valence-corrected chi connectivity index (χ2v) is 9.28. The topological polar surface area (TPSA) is 136 Å². The standard InChI is InChI=1S/C21H23N3O7S/c1-15-7-5-10-18(24(27)28)20(15)22-19(25)14-31-21(26)16-8-6-9-17(13-16)32(29,30)23-11-3-2-4-12-23/h5-10,13H,2-4,11-12,14H2,1H3,(H,22,25). The lowest BCUT2D eigenvalue weighted by molar-refractivity contribution is -0.384. The third-order valence-electron chi connectivity index (χ3n) is 5.07. The first-order valence-electron chi connectivity index (χ1n) is 10.0. The van der Waals surface area contributed by atoms with Crippen LogP contribution in [-0.2, 0) is 19.6 Å². The highest BCUT2D eigenvalue weighted by atomic mass is 32.2. The number of hydrogen-bond acceptors (Lipinski definition) is 7. The largest absolute Gasteiger partial charge is 0.452 e. The van der Waals surface area contributed by atoms with Crippen molar-refractivity contribution < 1.29 is 27.7 Å². The first kappa shape index (κ1) is 23.4. The van der Waals surface area contributed by atoms with Gasteiger partial charge in [-0.2, -0.15) is 4.31 Å². The van der Waals surface area contributed by atoms with Crippen LogP contribution in [0.2, 0.25) is 0 Å². The quantitative estimate of drug-likeness (QED) is 0.380. The molecule has 2 aromatic rings. The van der Waals surface area contributed by atoms with Crippen LogP contribution in [0.1, 0.15) is 35.2 Å². The zero-order chi connectivity index (χ0) is 23.3. The second kappa shape index (κ2) is 9.88. The van der Waals surface area contributed by atoms with Gasteiger partial charge in [-0.25, -0.2) is 13.2 Å². The molecule has 0 radical (unpaired) electrons. The SMILES string of the molecule is Cc1cccc([N+](=O)[O-])c1NC(=O)COC(=O)c1cccc(S(=O)(=O)N2CCCCC2)c1. The summed E-state index contributed by atoms with van der Waals surface area (Å²) in [4.78, 5) is 35.1. The normalized spacial score (nSPS) is 14.5. The van der Waals surface area contributed by atoms with Crippen molar-refractivity contribution in [1.29, 1.82) is 0 Å². The Labute approximate surface area is 185 Å². The van der Waals surface area contributed by atoms with Crippen LogP contribution in [0.5, 0.6) is 0 Å². The Morgan fingerprint density at radius 2 is 1.81 bits per heavy atom. The van der Waals surface area contributed by atoms with E-state index in [-0.39, 0.29) is 21.8 Å². The van der Waals surface area contributed by atoms with E-state index < -0.39 is 33.4 Å². The molecule has 10 nitrogen and oxygen atoms in total. The molecule has 1 fully saturated rings. The number of rotatable bonds is 7. The highest BCUT2D eigenvalue weighted by molar-refractivity contribution is 7.89.